The second-order valence-corrected chi connectivity index (χ2v) is 3.83. The summed E-state index contributed by atoms with van der Waals surface area (Å²) in [6, 6.07) is 0.213. The first kappa shape index (κ1) is 6.23. The number of hydrogen-bond acceptors (Lipinski definition) is 2. The molecule has 0 unspecified atom stereocenters. The van der Waals surface area contributed by atoms with Crippen LogP contribution in [0.2, 0.25) is 0 Å². The molecule has 2 N–H and O–H groups in total. The second kappa shape index (κ2) is 2.60. The quantitative estimate of drug-likeness (QED) is 0.499. The van der Waals surface area contributed by atoms with Crippen molar-refractivity contribution in [3.05, 3.63) is 0 Å². The van der Waals surface area contributed by atoms with Gasteiger partial charge in [-0.2, -0.15) is 0 Å². The van der Waals surface area contributed by atoms with Crippen molar-refractivity contribution in [3.63, 3.8) is 0 Å². The first-order valence-corrected chi connectivity index (χ1v) is 4.38. The summed E-state index contributed by atoms with van der Waals surface area (Å²) in [5.41, 5.74) is 5.53. The average Bonchev–Trinajstić information content (AvgIpc) is 1.64. The molecule has 1 heterocycles. The topological polar surface area (TPSA) is 43.1 Å². The predicted octanol–water partition coefficient (Wildman–Crippen LogP) is -0.144. The molecular weight excluding hydrogens is 122 g/mol. The second-order valence-electron chi connectivity index (χ2n) is 2.21. The molecule has 1 aliphatic heterocycles. The van der Waals surface area contributed by atoms with Gasteiger partial charge in [0.05, 0.1) is 0 Å². The van der Waals surface area contributed by atoms with Gasteiger partial charge < -0.3 is 5.73 Å². The van der Waals surface area contributed by atoms with Crippen LogP contribution in [0.3, 0.4) is 0 Å². The lowest BCUT2D eigenvalue weighted by Gasteiger charge is -2.15. The molecule has 2 nitrogen and oxygen atoms in total. The van der Waals surface area contributed by atoms with Crippen LogP contribution in [-0.2, 0) is 10.8 Å². The van der Waals surface area contributed by atoms with E-state index < -0.39 is 10.8 Å². The normalized spacial score (nSPS) is 39.6. The van der Waals surface area contributed by atoms with Gasteiger partial charge >= 0.3 is 0 Å². The molecule has 0 radical (unpaired) electrons. The van der Waals surface area contributed by atoms with E-state index in [1.54, 1.807) is 0 Å². The highest BCUT2D eigenvalue weighted by Crippen LogP contribution is 2.05. The Bertz CT molecular complexity index is 105. The highest BCUT2D eigenvalue weighted by molar-refractivity contribution is 7.85. The van der Waals surface area contributed by atoms with Crippen molar-refractivity contribution < 1.29 is 4.21 Å². The number of rotatable bonds is 0. The van der Waals surface area contributed by atoms with Gasteiger partial charge in [0.2, 0.25) is 0 Å². The molecule has 0 aromatic heterocycles. The van der Waals surface area contributed by atoms with E-state index in [0.717, 1.165) is 24.3 Å². The van der Waals surface area contributed by atoms with Crippen molar-refractivity contribution >= 4 is 10.8 Å². The maximum absolute atomic E-state index is 10.7. The van der Waals surface area contributed by atoms with E-state index in [1.165, 1.54) is 0 Å². The van der Waals surface area contributed by atoms with Crippen LogP contribution in [0, 0.1) is 0 Å². The summed E-state index contributed by atoms with van der Waals surface area (Å²) < 4.78 is 10.7. The van der Waals surface area contributed by atoms with Gasteiger partial charge in [-0.15, -0.1) is 0 Å². The molecule has 8 heavy (non-hydrogen) atoms. The Morgan fingerprint density at radius 1 is 1.62 bits per heavy atom. The highest BCUT2D eigenvalue weighted by Gasteiger charge is 2.13. The molecule has 0 spiro atoms. The smallest absolute Gasteiger partial charge is 0.0386 e. The molecule has 0 aromatic carbocycles. The molecule has 0 amide bonds. The minimum Gasteiger partial charge on any atom is -0.327 e. The van der Waals surface area contributed by atoms with Crippen molar-refractivity contribution in [3.8, 4) is 0 Å². The molecule has 0 saturated carbocycles. The summed E-state index contributed by atoms with van der Waals surface area (Å²) in [4.78, 5) is 0. The summed E-state index contributed by atoms with van der Waals surface area (Å²) in [5, 5.41) is 0. The SMILES string of the molecule is N[C@H]1CCC[S@@](=O)C1. The van der Waals surface area contributed by atoms with Crippen LogP contribution in [0.25, 0.3) is 0 Å². The van der Waals surface area contributed by atoms with Crippen molar-refractivity contribution in [1.82, 2.24) is 0 Å². The molecule has 1 saturated heterocycles. The van der Waals surface area contributed by atoms with E-state index in [-0.39, 0.29) is 6.04 Å². The third kappa shape index (κ3) is 1.56. The van der Waals surface area contributed by atoms with Crippen LogP contribution in [0.15, 0.2) is 0 Å². The maximum Gasteiger partial charge on any atom is 0.0386 e. The lowest BCUT2D eigenvalue weighted by atomic mass is 10.2. The molecule has 0 aromatic rings. The minimum absolute atomic E-state index is 0.213. The van der Waals surface area contributed by atoms with E-state index in [2.05, 4.69) is 0 Å². The Balaban J connectivity index is 2.34. The summed E-state index contributed by atoms with van der Waals surface area (Å²) in [7, 11) is -0.595. The third-order valence-electron chi connectivity index (χ3n) is 1.35. The summed E-state index contributed by atoms with van der Waals surface area (Å²) >= 11 is 0. The fourth-order valence-corrected chi connectivity index (χ4v) is 2.21. The fourth-order valence-electron chi connectivity index (χ4n) is 0.912. The molecule has 0 bridgehead atoms. The Kier molecular flexibility index (Phi) is 2.02. The van der Waals surface area contributed by atoms with Gasteiger partial charge in [0.1, 0.15) is 0 Å². The van der Waals surface area contributed by atoms with Crippen LogP contribution in [0.4, 0.5) is 0 Å². The zero-order valence-corrected chi connectivity index (χ0v) is 5.62. The van der Waals surface area contributed by atoms with Gasteiger partial charge in [-0.05, 0) is 12.8 Å². The molecule has 1 rings (SSSR count). The van der Waals surface area contributed by atoms with Crippen LogP contribution in [0.1, 0.15) is 12.8 Å². The van der Waals surface area contributed by atoms with Crippen molar-refractivity contribution in [2.45, 2.75) is 18.9 Å². The Morgan fingerprint density at radius 3 is 2.75 bits per heavy atom. The van der Waals surface area contributed by atoms with Crippen LogP contribution >= 0.6 is 0 Å². The van der Waals surface area contributed by atoms with Gasteiger partial charge in [0, 0.05) is 28.3 Å². The van der Waals surface area contributed by atoms with Crippen LogP contribution < -0.4 is 5.73 Å². The van der Waals surface area contributed by atoms with E-state index in [4.69, 9.17) is 5.73 Å². The van der Waals surface area contributed by atoms with E-state index in [1.807, 2.05) is 0 Å². The van der Waals surface area contributed by atoms with Gasteiger partial charge in [-0.3, -0.25) is 4.21 Å². The Morgan fingerprint density at radius 2 is 2.38 bits per heavy atom. The maximum atomic E-state index is 10.7. The molecule has 1 aliphatic rings. The largest absolute Gasteiger partial charge is 0.327 e. The van der Waals surface area contributed by atoms with Crippen molar-refractivity contribution in [1.29, 1.82) is 0 Å². The van der Waals surface area contributed by atoms with Gasteiger partial charge in [0.15, 0.2) is 0 Å². The Labute approximate surface area is 51.9 Å². The minimum atomic E-state index is -0.595. The monoisotopic (exact) mass is 133 g/mol. The lowest BCUT2D eigenvalue weighted by molar-refractivity contribution is 0.611. The summed E-state index contributed by atoms with van der Waals surface area (Å²) in [6.45, 7) is 0. The van der Waals surface area contributed by atoms with Crippen LogP contribution in [-0.4, -0.2) is 21.8 Å². The predicted molar refractivity (Wildman–Crippen MR) is 35.1 cm³/mol. The van der Waals surface area contributed by atoms with E-state index in [0.29, 0.717) is 0 Å². The van der Waals surface area contributed by atoms with Gasteiger partial charge in [-0.25, -0.2) is 0 Å². The number of nitrogens with two attached hydrogens (primary N) is 1. The van der Waals surface area contributed by atoms with E-state index in [9.17, 15) is 4.21 Å². The molecule has 1 fully saturated rings. The first-order valence-electron chi connectivity index (χ1n) is 2.89. The highest BCUT2D eigenvalue weighted by atomic mass is 32.2. The van der Waals surface area contributed by atoms with Gasteiger partial charge in [-0.1, -0.05) is 0 Å². The third-order valence-corrected chi connectivity index (χ3v) is 2.89. The number of hydrogen-bond donors (Lipinski definition) is 1. The zero-order valence-electron chi connectivity index (χ0n) is 4.80. The first-order chi connectivity index (χ1) is 3.79. The fraction of sp³-hybridized carbons (Fsp3) is 1.00. The molecule has 2 atom stereocenters. The van der Waals surface area contributed by atoms with Gasteiger partial charge in [0.25, 0.3) is 0 Å². The van der Waals surface area contributed by atoms with Crippen molar-refractivity contribution in [2.24, 2.45) is 5.73 Å². The lowest BCUT2D eigenvalue weighted by Crippen LogP contribution is -2.32. The Hall–Kier alpha value is 0.110. The van der Waals surface area contributed by atoms with E-state index >= 15 is 0 Å². The average molecular weight is 133 g/mol. The summed E-state index contributed by atoms with van der Waals surface area (Å²) in [6.07, 6.45) is 2.11. The summed E-state index contributed by atoms with van der Waals surface area (Å²) in [5.74, 6) is 1.59. The molecule has 48 valence electrons. The van der Waals surface area contributed by atoms with Crippen LogP contribution in [0.5, 0.6) is 0 Å². The van der Waals surface area contributed by atoms with Crippen molar-refractivity contribution in [2.75, 3.05) is 11.5 Å². The molecule has 0 aliphatic carbocycles. The zero-order chi connectivity index (χ0) is 5.98. The standard InChI is InChI=1S/C5H11NOS/c6-5-2-1-3-8(7)4-5/h5H,1-4,6H2/t5-,8+/m0/s1. The molecular formula is C5H11NOS. The molecule has 3 heteroatoms.